The Labute approximate surface area is 195 Å². The molecule has 1 aliphatic rings. The summed E-state index contributed by atoms with van der Waals surface area (Å²) < 4.78 is 29.4. The van der Waals surface area contributed by atoms with Crippen molar-refractivity contribution in [3.8, 4) is 6.07 Å². The fourth-order valence-corrected chi connectivity index (χ4v) is 3.78. The topological polar surface area (TPSA) is 145 Å². The lowest BCUT2D eigenvalue weighted by Crippen LogP contribution is -2.42. The van der Waals surface area contributed by atoms with Crippen LogP contribution in [0, 0.1) is 23.0 Å². The Morgan fingerprint density at radius 1 is 1.26 bits per heavy atom. The molecule has 1 aliphatic heterocycles. The second kappa shape index (κ2) is 8.53. The zero-order chi connectivity index (χ0) is 24.6. The monoisotopic (exact) mass is 485 g/mol. The van der Waals surface area contributed by atoms with E-state index in [0.717, 1.165) is 18.3 Å². The van der Waals surface area contributed by atoms with Crippen LogP contribution >= 0.6 is 11.6 Å². The Balaban J connectivity index is 1.75. The van der Waals surface area contributed by atoms with Crippen molar-refractivity contribution >= 4 is 35.1 Å². The average molecular weight is 486 g/mol. The van der Waals surface area contributed by atoms with Crippen LogP contribution in [0.15, 0.2) is 41.5 Å². The van der Waals surface area contributed by atoms with Gasteiger partial charge in [0, 0.05) is 11.3 Å². The van der Waals surface area contributed by atoms with Gasteiger partial charge in [-0.25, -0.2) is 23.5 Å². The van der Waals surface area contributed by atoms with Crippen molar-refractivity contribution < 1.29 is 23.5 Å². The van der Waals surface area contributed by atoms with Crippen molar-refractivity contribution in [2.45, 2.75) is 19.0 Å². The van der Waals surface area contributed by atoms with Gasteiger partial charge < -0.3 is 15.0 Å². The van der Waals surface area contributed by atoms with Crippen molar-refractivity contribution in [1.29, 1.82) is 5.26 Å². The summed E-state index contributed by atoms with van der Waals surface area (Å²) in [5.41, 5.74) is -1.33. The zero-order valence-electron chi connectivity index (χ0n) is 17.3. The number of fused-ring (bicyclic) bond motifs is 1. The van der Waals surface area contributed by atoms with Gasteiger partial charge in [0.1, 0.15) is 28.9 Å². The predicted octanol–water partition coefficient (Wildman–Crippen LogP) is 3.28. The summed E-state index contributed by atoms with van der Waals surface area (Å²) in [7, 11) is 0. The van der Waals surface area contributed by atoms with E-state index in [-0.39, 0.29) is 46.0 Å². The maximum absolute atomic E-state index is 15.0. The van der Waals surface area contributed by atoms with Crippen LogP contribution in [0.3, 0.4) is 0 Å². The van der Waals surface area contributed by atoms with Crippen LogP contribution < -0.4 is 10.6 Å². The largest absolute Gasteiger partial charge is 0.465 e. The standard InChI is InChI=1S/C21H14ClF2N7O3/c1-21(9-31-15(7-25)16(22)28-18(31)17(30-21)29-20(33)34)12-6-11(3-4-13(12)24)27-19(32)14-5-2-10(23)8-26-14/h2-6,8H,9H2,1H3,(H,27,32)(H,29,30)(H,33,34). The summed E-state index contributed by atoms with van der Waals surface area (Å²) in [6.07, 6.45) is -0.555. The van der Waals surface area contributed by atoms with Crippen LogP contribution in [0.4, 0.5) is 19.3 Å². The molecule has 1 aromatic carbocycles. The summed E-state index contributed by atoms with van der Waals surface area (Å²) in [5.74, 6) is -2.17. The molecule has 0 saturated carbocycles. The molecule has 0 spiro atoms. The van der Waals surface area contributed by atoms with Crippen molar-refractivity contribution in [3.63, 3.8) is 0 Å². The second-order valence-electron chi connectivity index (χ2n) is 7.45. The van der Waals surface area contributed by atoms with E-state index in [9.17, 15) is 28.7 Å². The molecule has 172 valence electrons. The van der Waals surface area contributed by atoms with Crippen LogP contribution in [-0.4, -0.2) is 37.5 Å². The first-order valence-electron chi connectivity index (χ1n) is 9.60. The van der Waals surface area contributed by atoms with Gasteiger partial charge in [-0.1, -0.05) is 11.6 Å². The Hall–Kier alpha value is -4.37. The summed E-state index contributed by atoms with van der Waals surface area (Å²) in [4.78, 5) is 35.8. The maximum atomic E-state index is 15.0. The summed E-state index contributed by atoms with van der Waals surface area (Å²) in [6, 6.07) is 7.91. The van der Waals surface area contributed by atoms with Gasteiger partial charge in [0.05, 0.1) is 12.7 Å². The Kier molecular flexibility index (Phi) is 5.72. The van der Waals surface area contributed by atoms with Gasteiger partial charge in [0.2, 0.25) is 0 Å². The second-order valence-corrected chi connectivity index (χ2v) is 7.81. The fraction of sp³-hybridized carbons (Fsp3) is 0.143. The number of amides is 2. The molecule has 0 radical (unpaired) electrons. The van der Waals surface area contributed by atoms with E-state index in [2.05, 4.69) is 25.6 Å². The number of imidazole rings is 1. The van der Waals surface area contributed by atoms with Crippen LogP contribution in [0.1, 0.15) is 34.5 Å². The SMILES string of the molecule is CC1(c2cc(NC(=O)c3ccc(F)cn3)ccc2F)Cn2c(nc(Cl)c2C#N)C(NC(=O)O)=N1. The molecule has 4 rings (SSSR count). The first kappa shape index (κ1) is 22.8. The van der Waals surface area contributed by atoms with Gasteiger partial charge in [0.25, 0.3) is 5.91 Å². The number of rotatable bonds is 3. The summed E-state index contributed by atoms with van der Waals surface area (Å²) in [5, 5.41) is 23.2. The number of benzene rings is 1. The number of aromatic nitrogens is 3. The molecule has 3 N–H and O–H groups in total. The molecule has 2 amide bonds. The number of nitrogens with zero attached hydrogens (tertiary/aromatic N) is 5. The smallest absolute Gasteiger partial charge is 0.410 e. The van der Waals surface area contributed by atoms with Crippen LogP contribution in [0.25, 0.3) is 0 Å². The van der Waals surface area contributed by atoms with Gasteiger partial charge in [-0.2, -0.15) is 5.26 Å². The molecule has 34 heavy (non-hydrogen) atoms. The number of nitriles is 1. The molecule has 3 aromatic rings. The normalized spacial score (nSPS) is 16.7. The highest BCUT2D eigenvalue weighted by molar-refractivity contribution is 6.30. The van der Waals surface area contributed by atoms with Crippen LogP contribution in [-0.2, 0) is 12.1 Å². The number of carbonyl (C=O) groups excluding carboxylic acids is 1. The van der Waals surface area contributed by atoms with Crippen molar-refractivity contribution in [2.24, 2.45) is 4.99 Å². The van der Waals surface area contributed by atoms with E-state index in [1.165, 1.54) is 29.7 Å². The molecule has 1 unspecified atom stereocenters. The van der Waals surface area contributed by atoms with E-state index in [1.54, 1.807) is 0 Å². The molecular formula is C21H14ClF2N7O3. The minimum atomic E-state index is -1.44. The minimum Gasteiger partial charge on any atom is -0.465 e. The van der Waals surface area contributed by atoms with E-state index in [0.29, 0.717) is 0 Å². The van der Waals surface area contributed by atoms with E-state index in [4.69, 9.17) is 11.6 Å². The lowest BCUT2D eigenvalue weighted by Gasteiger charge is -2.32. The Morgan fingerprint density at radius 3 is 2.68 bits per heavy atom. The van der Waals surface area contributed by atoms with Crippen LogP contribution in [0.2, 0.25) is 5.15 Å². The first-order chi connectivity index (χ1) is 16.1. The van der Waals surface area contributed by atoms with Crippen molar-refractivity contribution in [2.75, 3.05) is 5.32 Å². The van der Waals surface area contributed by atoms with Gasteiger partial charge in [0.15, 0.2) is 22.5 Å². The predicted molar refractivity (Wildman–Crippen MR) is 116 cm³/mol. The van der Waals surface area contributed by atoms with Crippen LogP contribution in [0.5, 0.6) is 0 Å². The highest BCUT2D eigenvalue weighted by Crippen LogP contribution is 2.36. The van der Waals surface area contributed by atoms with Crippen molar-refractivity contribution in [3.05, 3.63) is 76.1 Å². The number of halogens is 3. The van der Waals surface area contributed by atoms with Gasteiger partial charge in [-0.3, -0.25) is 15.1 Å². The lowest BCUT2D eigenvalue weighted by molar-refractivity contribution is 0.102. The van der Waals surface area contributed by atoms with Gasteiger partial charge in [-0.05, 0) is 37.3 Å². The number of hydrogen-bond donors (Lipinski definition) is 3. The fourth-order valence-electron chi connectivity index (χ4n) is 3.56. The molecule has 10 nitrogen and oxygen atoms in total. The summed E-state index contributed by atoms with van der Waals surface area (Å²) in [6.45, 7) is 1.43. The quantitative estimate of drug-likeness (QED) is 0.519. The third-order valence-electron chi connectivity index (χ3n) is 5.06. The van der Waals surface area contributed by atoms with Gasteiger partial charge >= 0.3 is 6.09 Å². The molecule has 0 saturated heterocycles. The van der Waals surface area contributed by atoms with E-state index in [1.807, 2.05) is 6.07 Å². The molecule has 3 heterocycles. The molecular weight excluding hydrogens is 472 g/mol. The number of aliphatic imine (C=N–C) groups is 1. The summed E-state index contributed by atoms with van der Waals surface area (Å²) >= 11 is 6.02. The molecule has 0 bridgehead atoms. The number of nitrogens with one attached hydrogen (secondary N) is 2. The highest BCUT2D eigenvalue weighted by atomic mass is 35.5. The van der Waals surface area contributed by atoms with E-state index >= 15 is 0 Å². The minimum absolute atomic E-state index is 0.00131. The molecule has 1 atom stereocenters. The number of carboxylic acid groups (broad SMARTS) is 1. The number of carbonyl (C=O) groups is 2. The van der Waals surface area contributed by atoms with Crippen molar-refractivity contribution in [1.82, 2.24) is 19.9 Å². The number of amidine groups is 1. The Bertz CT molecular complexity index is 1400. The number of anilines is 1. The van der Waals surface area contributed by atoms with Gasteiger partial charge in [-0.15, -0.1) is 0 Å². The third kappa shape index (κ3) is 4.16. The lowest BCUT2D eigenvalue weighted by atomic mass is 9.90. The Morgan fingerprint density at radius 2 is 2.03 bits per heavy atom. The first-order valence-corrected chi connectivity index (χ1v) is 9.98. The molecule has 0 aliphatic carbocycles. The molecule has 13 heteroatoms. The third-order valence-corrected chi connectivity index (χ3v) is 5.32. The number of hydrogen-bond acceptors (Lipinski definition) is 6. The number of pyridine rings is 1. The molecule has 0 fully saturated rings. The van der Waals surface area contributed by atoms with E-state index < -0.39 is 29.2 Å². The maximum Gasteiger partial charge on any atom is 0.410 e. The highest BCUT2D eigenvalue weighted by Gasteiger charge is 2.38. The average Bonchev–Trinajstić information content (AvgIpc) is 3.09. The zero-order valence-corrected chi connectivity index (χ0v) is 18.1. The molecule has 2 aromatic heterocycles.